The van der Waals surface area contributed by atoms with Gasteiger partial charge in [-0.25, -0.2) is 0 Å². The minimum absolute atomic E-state index is 0.0454. The minimum Gasteiger partial charge on any atom is -0.396 e. The summed E-state index contributed by atoms with van der Waals surface area (Å²) in [7, 11) is 0. The van der Waals surface area contributed by atoms with Crippen LogP contribution in [-0.2, 0) is 14.3 Å². The van der Waals surface area contributed by atoms with E-state index < -0.39 is 0 Å². The van der Waals surface area contributed by atoms with Crippen molar-refractivity contribution in [3.63, 3.8) is 0 Å². The summed E-state index contributed by atoms with van der Waals surface area (Å²) in [4.78, 5) is 11.3. The molecule has 2 N–H and O–H groups in total. The van der Waals surface area contributed by atoms with Crippen LogP contribution in [0, 0.1) is 5.41 Å². The number of hydrogen-bond donors (Lipinski definition) is 2. The molecule has 2 fully saturated rings. The summed E-state index contributed by atoms with van der Waals surface area (Å²) < 4.78 is 11.5. The molecule has 1 amide bonds. The van der Waals surface area contributed by atoms with Gasteiger partial charge in [0.25, 0.3) is 0 Å². The highest BCUT2D eigenvalue weighted by Gasteiger charge is 2.42. The summed E-state index contributed by atoms with van der Waals surface area (Å²) in [6, 6.07) is 0. The van der Waals surface area contributed by atoms with Gasteiger partial charge < -0.3 is 19.9 Å². The fraction of sp³-hybridized carbons (Fsp3) is 0.933. The summed E-state index contributed by atoms with van der Waals surface area (Å²) >= 11 is 0. The van der Waals surface area contributed by atoms with E-state index in [2.05, 4.69) is 5.32 Å². The molecule has 5 heteroatoms. The molecular weight excluding hydrogens is 258 g/mol. The molecule has 1 saturated carbocycles. The van der Waals surface area contributed by atoms with Crippen LogP contribution < -0.4 is 5.32 Å². The Kier molecular flexibility index (Phi) is 6.26. The number of hydrogen-bond acceptors (Lipinski definition) is 4. The molecule has 0 aromatic carbocycles. The van der Waals surface area contributed by atoms with Gasteiger partial charge >= 0.3 is 0 Å². The lowest BCUT2D eigenvalue weighted by molar-refractivity contribution is -0.150. The van der Waals surface area contributed by atoms with E-state index >= 15 is 0 Å². The number of carbonyl (C=O) groups excluding carboxylic acids is 1. The van der Waals surface area contributed by atoms with E-state index in [0.717, 1.165) is 12.8 Å². The maximum atomic E-state index is 11.3. The lowest BCUT2D eigenvalue weighted by Crippen LogP contribution is -2.39. The molecule has 20 heavy (non-hydrogen) atoms. The summed E-state index contributed by atoms with van der Waals surface area (Å²) in [5, 5.41) is 11.5. The van der Waals surface area contributed by atoms with E-state index in [4.69, 9.17) is 14.6 Å². The third-order valence-electron chi connectivity index (χ3n) is 4.48. The minimum atomic E-state index is -0.0838. The maximum Gasteiger partial charge on any atom is 0.222 e. The van der Waals surface area contributed by atoms with E-state index in [-0.39, 0.29) is 30.6 Å². The van der Waals surface area contributed by atoms with Crippen molar-refractivity contribution in [2.24, 2.45) is 5.41 Å². The van der Waals surface area contributed by atoms with Crippen molar-refractivity contribution in [3.8, 4) is 0 Å². The zero-order chi connectivity index (χ0) is 14.3. The number of ether oxygens (including phenoxy) is 2. The highest BCUT2D eigenvalue weighted by Crippen LogP contribution is 2.45. The Hall–Kier alpha value is -0.650. The molecule has 0 aromatic heterocycles. The van der Waals surface area contributed by atoms with Crippen LogP contribution in [-0.4, -0.2) is 43.7 Å². The number of nitrogens with one attached hydrogen (secondary N) is 1. The van der Waals surface area contributed by atoms with Gasteiger partial charge in [-0.1, -0.05) is 19.3 Å². The first-order valence-corrected chi connectivity index (χ1v) is 7.88. The first kappa shape index (κ1) is 15.7. The number of rotatable bonds is 7. The van der Waals surface area contributed by atoms with Crippen LogP contribution >= 0.6 is 0 Å². The summed E-state index contributed by atoms with van der Waals surface area (Å²) in [6.45, 7) is 2.01. The average Bonchev–Trinajstić information content (AvgIpc) is 3.00. The average molecular weight is 285 g/mol. The van der Waals surface area contributed by atoms with Crippen LogP contribution in [0.4, 0.5) is 0 Å². The van der Waals surface area contributed by atoms with Crippen molar-refractivity contribution in [2.45, 2.75) is 57.7 Å². The van der Waals surface area contributed by atoms with Gasteiger partial charge in [0.15, 0.2) is 6.29 Å². The molecule has 0 aromatic rings. The van der Waals surface area contributed by atoms with Crippen molar-refractivity contribution in [1.29, 1.82) is 0 Å². The zero-order valence-corrected chi connectivity index (χ0v) is 12.2. The lowest BCUT2D eigenvalue weighted by Gasteiger charge is -2.40. The third-order valence-corrected chi connectivity index (χ3v) is 4.48. The topological polar surface area (TPSA) is 67.8 Å². The van der Waals surface area contributed by atoms with Crippen molar-refractivity contribution >= 4 is 5.91 Å². The smallest absolute Gasteiger partial charge is 0.222 e. The van der Waals surface area contributed by atoms with E-state index in [1.54, 1.807) is 0 Å². The molecule has 2 rings (SSSR count). The van der Waals surface area contributed by atoms with Gasteiger partial charge in [-0.05, 0) is 25.7 Å². The molecule has 0 atom stereocenters. The molecule has 1 heterocycles. The van der Waals surface area contributed by atoms with E-state index in [9.17, 15) is 4.79 Å². The Bertz CT molecular complexity index is 296. The van der Waals surface area contributed by atoms with Crippen LogP contribution in [0.3, 0.4) is 0 Å². The number of amides is 1. The molecule has 1 aliphatic carbocycles. The summed E-state index contributed by atoms with van der Waals surface area (Å²) in [6.07, 6.45) is 8.28. The first-order chi connectivity index (χ1) is 9.77. The second-order valence-electron chi connectivity index (χ2n) is 5.92. The first-order valence-electron chi connectivity index (χ1n) is 7.88. The van der Waals surface area contributed by atoms with Gasteiger partial charge in [-0.2, -0.15) is 0 Å². The molecule has 116 valence electrons. The van der Waals surface area contributed by atoms with Crippen LogP contribution in [0.15, 0.2) is 0 Å². The normalized spacial score (nSPS) is 22.9. The van der Waals surface area contributed by atoms with Gasteiger partial charge in [0.2, 0.25) is 5.91 Å². The molecule has 1 saturated heterocycles. The number of aliphatic hydroxyl groups is 1. The van der Waals surface area contributed by atoms with Gasteiger partial charge in [-0.15, -0.1) is 0 Å². The van der Waals surface area contributed by atoms with Gasteiger partial charge in [0.1, 0.15) is 0 Å². The molecule has 5 nitrogen and oxygen atoms in total. The van der Waals surface area contributed by atoms with Gasteiger partial charge in [0, 0.05) is 18.4 Å². The van der Waals surface area contributed by atoms with Crippen LogP contribution in [0.25, 0.3) is 0 Å². The van der Waals surface area contributed by atoms with Crippen LogP contribution in [0.1, 0.15) is 51.4 Å². The lowest BCUT2D eigenvalue weighted by atomic mass is 9.70. The summed E-state index contributed by atoms with van der Waals surface area (Å²) in [5.74, 6) is -0.0708. The monoisotopic (exact) mass is 285 g/mol. The fourth-order valence-corrected chi connectivity index (χ4v) is 3.43. The molecule has 1 aliphatic heterocycles. The van der Waals surface area contributed by atoms with Crippen LogP contribution in [0.2, 0.25) is 0 Å². The predicted octanol–water partition coefficient (Wildman–Crippen LogP) is 1.59. The Labute approximate surface area is 121 Å². The molecule has 0 spiro atoms. The maximum absolute atomic E-state index is 11.3. The van der Waals surface area contributed by atoms with E-state index in [0.29, 0.717) is 19.8 Å². The third kappa shape index (κ3) is 4.17. The SMILES string of the molecule is O=C(CCO)NCCCC1(C2OCCO2)CCCCC1. The molecule has 0 radical (unpaired) electrons. The second-order valence-corrected chi connectivity index (χ2v) is 5.92. The van der Waals surface area contributed by atoms with Crippen molar-refractivity contribution in [3.05, 3.63) is 0 Å². The Balaban J connectivity index is 1.77. The van der Waals surface area contributed by atoms with Crippen molar-refractivity contribution < 1.29 is 19.4 Å². The number of aliphatic hydroxyl groups excluding tert-OH is 1. The standard InChI is InChI=1S/C15H27NO4/c17-10-5-13(18)16-9-4-8-15(6-2-1-3-7-15)14-19-11-12-20-14/h14,17H,1-12H2,(H,16,18). The highest BCUT2D eigenvalue weighted by molar-refractivity contribution is 5.75. The van der Waals surface area contributed by atoms with Gasteiger partial charge in [0.05, 0.1) is 19.8 Å². The van der Waals surface area contributed by atoms with E-state index in [1.165, 1.54) is 32.1 Å². The van der Waals surface area contributed by atoms with Crippen molar-refractivity contribution in [1.82, 2.24) is 5.32 Å². The quantitative estimate of drug-likeness (QED) is 0.697. The molecular formula is C15H27NO4. The van der Waals surface area contributed by atoms with Crippen LogP contribution in [0.5, 0.6) is 0 Å². The second kappa shape index (κ2) is 7.96. The molecule has 0 bridgehead atoms. The molecule has 0 unspecified atom stereocenters. The zero-order valence-electron chi connectivity index (χ0n) is 12.2. The van der Waals surface area contributed by atoms with E-state index in [1.807, 2.05) is 0 Å². The Morgan fingerprint density at radius 3 is 2.55 bits per heavy atom. The predicted molar refractivity (Wildman–Crippen MR) is 75.2 cm³/mol. The van der Waals surface area contributed by atoms with Crippen molar-refractivity contribution in [2.75, 3.05) is 26.4 Å². The Morgan fingerprint density at radius 1 is 1.20 bits per heavy atom. The van der Waals surface area contributed by atoms with Gasteiger partial charge in [-0.3, -0.25) is 4.79 Å². The fourth-order valence-electron chi connectivity index (χ4n) is 3.43. The Morgan fingerprint density at radius 2 is 1.90 bits per heavy atom. The highest BCUT2D eigenvalue weighted by atomic mass is 16.7. The summed E-state index contributed by atoms with van der Waals surface area (Å²) in [5.41, 5.74) is 0.149. The molecule has 2 aliphatic rings. The largest absolute Gasteiger partial charge is 0.396 e. The number of carbonyl (C=O) groups is 1.